The van der Waals surface area contributed by atoms with Crippen LogP contribution in [0.1, 0.15) is 6.92 Å². The first-order valence-electron chi connectivity index (χ1n) is 5.49. The largest absolute Gasteiger partial charge is 0.377 e. The van der Waals surface area contributed by atoms with E-state index in [1.54, 1.807) is 0 Å². The maximum absolute atomic E-state index is 10.9. The van der Waals surface area contributed by atoms with Crippen molar-refractivity contribution < 1.29 is 33.8 Å². The molecule has 0 aliphatic carbocycles. The van der Waals surface area contributed by atoms with E-state index in [9.17, 15) is 4.79 Å². The minimum Gasteiger partial charge on any atom is -0.377 e. The summed E-state index contributed by atoms with van der Waals surface area (Å²) in [6.45, 7) is 7.07. The van der Waals surface area contributed by atoms with Gasteiger partial charge in [0, 0.05) is 5.57 Å². The van der Waals surface area contributed by atoms with Gasteiger partial charge in [-0.25, -0.2) is 14.6 Å². The van der Waals surface area contributed by atoms with E-state index in [1.807, 2.05) is 0 Å². The van der Waals surface area contributed by atoms with Crippen LogP contribution >= 0.6 is 0 Å². The second-order valence-corrected chi connectivity index (χ2v) is 3.19. The standard InChI is InChI=1S/C11H20O7/c1-10(2)11(12)18-17-9-7-15-5-4-14-6-8-16-13-3/h1,4-9H2,2-3H3. The molecule has 0 amide bonds. The van der Waals surface area contributed by atoms with Gasteiger partial charge < -0.3 is 9.47 Å². The lowest BCUT2D eigenvalue weighted by molar-refractivity contribution is -0.278. The highest BCUT2D eigenvalue weighted by Gasteiger charge is 2.03. The molecule has 0 bridgehead atoms. The van der Waals surface area contributed by atoms with Crippen molar-refractivity contribution in [2.24, 2.45) is 0 Å². The first-order valence-corrected chi connectivity index (χ1v) is 5.49. The maximum atomic E-state index is 10.9. The third kappa shape index (κ3) is 11.5. The Morgan fingerprint density at radius 1 is 0.944 bits per heavy atom. The highest BCUT2D eigenvalue weighted by atomic mass is 17.2. The van der Waals surface area contributed by atoms with E-state index in [-0.39, 0.29) is 12.2 Å². The summed E-state index contributed by atoms with van der Waals surface area (Å²) < 4.78 is 10.3. The number of hydrogen-bond acceptors (Lipinski definition) is 7. The summed E-state index contributed by atoms with van der Waals surface area (Å²) in [6.07, 6.45) is 0. The van der Waals surface area contributed by atoms with Crippen molar-refractivity contribution in [3.63, 3.8) is 0 Å². The Kier molecular flexibility index (Phi) is 11.8. The predicted molar refractivity (Wildman–Crippen MR) is 61.5 cm³/mol. The van der Waals surface area contributed by atoms with Crippen LogP contribution in [0.25, 0.3) is 0 Å². The molecule has 0 N–H and O–H groups in total. The van der Waals surface area contributed by atoms with Gasteiger partial charge in [0.15, 0.2) is 0 Å². The second-order valence-electron chi connectivity index (χ2n) is 3.19. The number of carbonyl (C=O) groups is 1. The molecule has 0 saturated carbocycles. The molecule has 0 aromatic rings. The zero-order chi connectivity index (χ0) is 13.6. The Balaban J connectivity index is 3.07. The second kappa shape index (κ2) is 12.5. The van der Waals surface area contributed by atoms with Crippen molar-refractivity contribution in [1.82, 2.24) is 0 Å². The molecule has 7 heteroatoms. The Labute approximate surface area is 106 Å². The summed E-state index contributed by atoms with van der Waals surface area (Å²) in [7, 11) is 1.43. The smallest absolute Gasteiger partial charge is 0.368 e. The molecule has 0 rings (SSSR count). The Morgan fingerprint density at radius 2 is 1.44 bits per heavy atom. The molecular weight excluding hydrogens is 244 g/mol. The average Bonchev–Trinajstić information content (AvgIpc) is 2.35. The van der Waals surface area contributed by atoms with Crippen LogP contribution in [-0.2, 0) is 33.8 Å². The Bertz CT molecular complexity index is 229. The molecule has 0 aliphatic heterocycles. The van der Waals surface area contributed by atoms with Crippen LogP contribution in [-0.4, -0.2) is 52.7 Å². The number of ether oxygens (including phenoxy) is 2. The van der Waals surface area contributed by atoms with E-state index >= 15 is 0 Å². The lowest BCUT2D eigenvalue weighted by Gasteiger charge is -2.06. The Morgan fingerprint density at radius 3 is 1.94 bits per heavy atom. The third-order valence-electron chi connectivity index (χ3n) is 1.59. The van der Waals surface area contributed by atoms with E-state index in [2.05, 4.69) is 26.1 Å². The topological polar surface area (TPSA) is 72.5 Å². The monoisotopic (exact) mass is 264 g/mol. The number of rotatable bonds is 12. The third-order valence-corrected chi connectivity index (χ3v) is 1.59. The average molecular weight is 264 g/mol. The first-order chi connectivity index (χ1) is 8.68. The van der Waals surface area contributed by atoms with Crippen LogP contribution in [0.5, 0.6) is 0 Å². The fourth-order valence-electron chi connectivity index (χ4n) is 0.758. The molecule has 106 valence electrons. The van der Waals surface area contributed by atoms with Gasteiger partial charge in [-0.2, -0.15) is 4.89 Å². The normalized spacial score (nSPS) is 10.3. The van der Waals surface area contributed by atoms with E-state index in [4.69, 9.17) is 9.47 Å². The molecule has 0 aliphatic rings. The zero-order valence-electron chi connectivity index (χ0n) is 10.8. The molecule has 18 heavy (non-hydrogen) atoms. The van der Waals surface area contributed by atoms with Crippen LogP contribution < -0.4 is 0 Å². The van der Waals surface area contributed by atoms with Crippen LogP contribution in [0, 0.1) is 0 Å². The molecule has 0 saturated heterocycles. The molecule has 0 aromatic carbocycles. The van der Waals surface area contributed by atoms with Gasteiger partial charge in [0.25, 0.3) is 0 Å². The van der Waals surface area contributed by atoms with Gasteiger partial charge in [-0.3, -0.25) is 4.89 Å². The van der Waals surface area contributed by atoms with Crippen LogP contribution in [0.2, 0.25) is 0 Å². The van der Waals surface area contributed by atoms with E-state index in [0.29, 0.717) is 33.0 Å². The zero-order valence-corrected chi connectivity index (χ0v) is 10.8. The molecule has 0 fully saturated rings. The van der Waals surface area contributed by atoms with Crippen molar-refractivity contribution in [2.45, 2.75) is 6.92 Å². The fraction of sp³-hybridized carbons (Fsp3) is 0.727. The molecule has 7 nitrogen and oxygen atoms in total. The molecule has 0 spiro atoms. The summed E-state index contributed by atoms with van der Waals surface area (Å²) in [5.41, 5.74) is 0.280. The summed E-state index contributed by atoms with van der Waals surface area (Å²) >= 11 is 0. The van der Waals surface area contributed by atoms with Gasteiger partial charge in [-0.1, -0.05) is 6.58 Å². The van der Waals surface area contributed by atoms with Crippen LogP contribution in [0.3, 0.4) is 0 Å². The summed E-state index contributed by atoms with van der Waals surface area (Å²) in [6, 6.07) is 0. The van der Waals surface area contributed by atoms with Gasteiger partial charge in [0.2, 0.25) is 0 Å². The quantitative estimate of drug-likeness (QED) is 0.222. The van der Waals surface area contributed by atoms with E-state index in [0.717, 1.165) is 0 Å². The molecule has 0 radical (unpaired) electrons. The van der Waals surface area contributed by atoms with Gasteiger partial charge in [0.05, 0.1) is 33.5 Å². The van der Waals surface area contributed by atoms with Gasteiger partial charge in [-0.05, 0) is 6.92 Å². The lowest BCUT2D eigenvalue weighted by atomic mass is 10.4. The predicted octanol–water partition coefficient (Wildman–Crippen LogP) is 0.648. The van der Waals surface area contributed by atoms with Gasteiger partial charge >= 0.3 is 5.97 Å². The lowest BCUT2D eigenvalue weighted by Crippen LogP contribution is -2.13. The molecule has 0 aromatic heterocycles. The summed E-state index contributed by atoms with van der Waals surface area (Å²) in [4.78, 5) is 28.8. The molecular formula is C11H20O7. The van der Waals surface area contributed by atoms with E-state index in [1.165, 1.54) is 14.0 Å². The van der Waals surface area contributed by atoms with Gasteiger partial charge in [0.1, 0.15) is 13.2 Å². The van der Waals surface area contributed by atoms with Crippen molar-refractivity contribution in [3.05, 3.63) is 12.2 Å². The molecule has 0 heterocycles. The number of carbonyl (C=O) groups excluding carboxylic acids is 1. The van der Waals surface area contributed by atoms with Crippen LogP contribution in [0.15, 0.2) is 12.2 Å². The number of hydrogen-bond donors (Lipinski definition) is 0. The van der Waals surface area contributed by atoms with Crippen molar-refractivity contribution in [2.75, 3.05) is 46.8 Å². The van der Waals surface area contributed by atoms with Crippen molar-refractivity contribution in [3.8, 4) is 0 Å². The van der Waals surface area contributed by atoms with Crippen molar-refractivity contribution >= 4 is 5.97 Å². The van der Waals surface area contributed by atoms with Gasteiger partial charge in [-0.15, -0.1) is 0 Å². The Hall–Kier alpha value is -0.990. The summed E-state index contributed by atoms with van der Waals surface area (Å²) in [5.74, 6) is -0.587. The minimum atomic E-state index is -0.587. The molecule has 0 unspecified atom stereocenters. The first kappa shape index (κ1) is 17.0. The van der Waals surface area contributed by atoms with Crippen LogP contribution in [0.4, 0.5) is 0 Å². The summed E-state index contributed by atoms with van der Waals surface area (Å²) in [5, 5.41) is 0. The maximum Gasteiger partial charge on any atom is 0.368 e. The molecule has 0 atom stereocenters. The van der Waals surface area contributed by atoms with Crippen molar-refractivity contribution in [1.29, 1.82) is 0 Å². The highest BCUT2D eigenvalue weighted by Crippen LogP contribution is 1.92. The fourth-order valence-corrected chi connectivity index (χ4v) is 0.758. The SMILES string of the molecule is C=C(C)C(=O)OOCCOCCOCCOOC. The highest BCUT2D eigenvalue weighted by molar-refractivity contribution is 5.86. The van der Waals surface area contributed by atoms with E-state index < -0.39 is 5.97 Å². The minimum absolute atomic E-state index is 0.159.